The third kappa shape index (κ3) is 2.95. The summed E-state index contributed by atoms with van der Waals surface area (Å²) in [5, 5.41) is 3.31. The van der Waals surface area contributed by atoms with Crippen molar-refractivity contribution < 1.29 is 14.3 Å². The Hall–Kier alpha value is -2.54. The van der Waals surface area contributed by atoms with Crippen molar-refractivity contribution in [2.45, 2.75) is 25.4 Å². The van der Waals surface area contributed by atoms with Gasteiger partial charge in [0.05, 0.1) is 25.7 Å². The smallest absolute Gasteiger partial charge is 0.246 e. The van der Waals surface area contributed by atoms with Crippen molar-refractivity contribution in [1.82, 2.24) is 20.2 Å². The number of hydrogen-bond acceptors (Lipinski definition) is 5. The highest BCUT2D eigenvalue weighted by Crippen LogP contribution is 2.34. The van der Waals surface area contributed by atoms with Crippen LogP contribution in [0.25, 0.3) is 0 Å². The standard InChI is InChI=1S/C18H22N4O3/c1-24-14-5-2-4-12-10-22(8-3-9-25-17(12)14)18(23)16-15-13(6-7-19-16)20-11-21-15/h2,4-5,11,16,19H,3,6-10H2,1H3,(H,20,21)/t16-/m1/s1. The molecule has 7 heteroatoms. The highest BCUT2D eigenvalue weighted by Gasteiger charge is 2.32. The highest BCUT2D eigenvalue weighted by atomic mass is 16.5. The molecule has 7 nitrogen and oxygen atoms in total. The lowest BCUT2D eigenvalue weighted by Crippen LogP contribution is -2.44. The molecule has 0 saturated carbocycles. The summed E-state index contributed by atoms with van der Waals surface area (Å²) in [6.45, 7) is 2.49. The molecule has 0 unspecified atom stereocenters. The average molecular weight is 342 g/mol. The van der Waals surface area contributed by atoms with E-state index in [1.807, 2.05) is 23.1 Å². The predicted molar refractivity (Wildman–Crippen MR) is 91.6 cm³/mol. The topological polar surface area (TPSA) is 79.5 Å². The number of benzene rings is 1. The maximum atomic E-state index is 13.2. The average Bonchev–Trinajstić information content (AvgIpc) is 3.10. The van der Waals surface area contributed by atoms with Gasteiger partial charge in [-0.15, -0.1) is 0 Å². The summed E-state index contributed by atoms with van der Waals surface area (Å²) < 4.78 is 11.3. The molecule has 1 aromatic heterocycles. The van der Waals surface area contributed by atoms with Crippen molar-refractivity contribution in [3.05, 3.63) is 41.5 Å². The van der Waals surface area contributed by atoms with Crippen molar-refractivity contribution in [2.24, 2.45) is 0 Å². The number of rotatable bonds is 2. The lowest BCUT2D eigenvalue weighted by molar-refractivity contribution is -0.134. The van der Waals surface area contributed by atoms with Gasteiger partial charge in [0.25, 0.3) is 0 Å². The van der Waals surface area contributed by atoms with Gasteiger partial charge < -0.3 is 24.7 Å². The van der Waals surface area contributed by atoms with E-state index in [4.69, 9.17) is 9.47 Å². The van der Waals surface area contributed by atoms with Crippen molar-refractivity contribution >= 4 is 5.91 Å². The summed E-state index contributed by atoms with van der Waals surface area (Å²) in [7, 11) is 1.63. The van der Waals surface area contributed by atoms with Gasteiger partial charge in [-0.05, 0) is 12.5 Å². The Bertz CT molecular complexity index is 773. The van der Waals surface area contributed by atoms with E-state index >= 15 is 0 Å². The van der Waals surface area contributed by atoms with Gasteiger partial charge in [-0.1, -0.05) is 12.1 Å². The minimum Gasteiger partial charge on any atom is -0.493 e. The molecule has 132 valence electrons. The van der Waals surface area contributed by atoms with Crippen LogP contribution in [0.2, 0.25) is 0 Å². The summed E-state index contributed by atoms with van der Waals surface area (Å²) in [6, 6.07) is 5.41. The van der Waals surface area contributed by atoms with Crippen LogP contribution in [0.5, 0.6) is 11.5 Å². The number of aromatic nitrogens is 2. The molecule has 3 heterocycles. The molecule has 1 aromatic carbocycles. The van der Waals surface area contributed by atoms with E-state index in [0.717, 1.165) is 42.1 Å². The minimum absolute atomic E-state index is 0.0590. The molecule has 0 saturated heterocycles. The van der Waals surface area contributed by atoms with Gasteiger partial charge in [0.2, 0.25) is 5.91 Å². The number of fused-ring (bicyclic) bond motifs is 2. The van der Waals surface area contributed by atoms with E-state index in [0.29, 0.717) is 25.4 Å². The van der Waals surface area contributed by atoms with Gasteiger partial charge in [0.15, 0.2) is 11.5 Å². The number of nitrogens with one attached hydrogen (secondary N) is 2. The summed E-state index contributed by atoms with van der Waals surface area (Å²) >= 11 is 0. The normalized spacial score (nSPS) is 19.9. The molecule has 2 aromatic rings. The minimum atomic E-state index is -0.385. The molecule has 0 spiro atoms. The summed E-state index contributed by atoms with van der Waals surface area (Å²) in [5.74, 6) is 1.50. The first kappa shape index (κ1) is 16.0. The molecule has 2 aliphatic rings. The number of H-pyrrole nitrogens is 1. The number of carbonyl (C=O) groups excluding carboxylic acids is 1. The van der Waals surface area contributed by atoms with E-state index in [1.54, 1.807) is 13.4 Å². The Morgan fingerprint density at radius 3 is 3.24 bits per heavy atom. The molecular formula is C18H22N4O3. The quantitative estimate of drug-likeness (QED) is 0.863. The van der Waals surface area contributed by atoms with E-state index in [-0.39, 0.29) is 11.9 Å². The fourth-order valence-corrected chi connectivity index (χ4v) is 3.52. The Balaban J connectivity index is 1.61. The molecule has 0 bridgehead atoms. The summed E-state index contributed by atoms with van der Waals surface area (Å²) in [5.41, 5.74) is 2.83. The number of ether oxygens (including phenoxy) is 2. The fourth-order valence-electron chi connectivity index (χ4n) is 3.52. The maximum absolute atomic E-state index is 13.2. The van der Waals surface area contributed by atoms with Crippen LogP contribution in [0.4, 0.5) is 0 Å². The van der Waals surface area contributed by atoms with Gasteiger partial charge in [-0.2, -0.15) is 0 Å². The Labute approximate surface area is 146 Å². The summed E-state index contributed by atoms with van der Waals surface area (Å²) in [4.78, 5) is 22.6. The lowest BCUT2D eigenvalue weighted by atomic mass is 10.0. The first-order valence-corrected chi connectivity index (χ1v) is 8.61. The largest absolute Gasteiger partial charge is 0.493 e. The Kier molecular flexibility index (Phi) is 4.31. The van der Waals surface area contributed by atoms with Crippen LogP contribution in [-0.2, 0) is 17.8 Å². The number of aromatic amines is 1. The maximum Gasteiger partial charge on any atom is 0.246 e. The van der Waals surface area contributed by atoms with Crippen molar-refractivity contribution in [2.75, 3.05) is 26.8 Å². The molecule has 1 atom stereocenters. The second-order valence-corrected chi connectivity index (χ2v) is 6.31. The van der Waals surface area contributed by atoms with Crippen LogP contribution in [0, 0.1) is 0 Å². The van der Waals surface area contributed by atoms with Crippen LogP contribution in [0.1, 0.15) is 29.4 Å². The third-order valence-corrected chi connectivity index (χ3v) is 4.77. The number of para-hydroxylation sites is 1. The molecule has 2 aliphatic heterocycles. The first-order chi connectivity index (χ1) is 12.3. The molecule has 0 fully saturated rings. The number of imidazole rings is 1. The zero-order valence-electron chi connectivity index (χ0n) is 14.2. The summed E-state index contributed by atoms with van der Waals surface area (Å²) in [6.07, 6.45) is 3.32. The molecule has 1 amide bonds. The fraction of sp³-hybridized carbons (Fsp3) is 0.444. The van der Waals surface area contributed by atoms with Gasteiger partial charge in [-0.3, -0.25) is 4.79 Å². The zero-order chi connectivity index (χ0) is 17.2. The van der Waals surface area contributed by atoms with E-state index in [1.165, 1.54) is 0 Å². The van der Waals surface area contributed by atoms with E-state index in [9.17, 15) is 4.79 Å². The number of amides is 1. The van der Waals surface area contributed by atoms with Crippen molar-refractivity contribution in [3.63, 3.8) is 0 Å². The number of nitrogens with zero attached hydrogens (tertiary/aromatic N) is 2. The molecule has 0 aliphatic carbocycles. The molecule has 4 rings (SSSR count). The highest BCUT2D eigenvalue weighted by molar-refractivity contribution is 5.83. The van der Waals surface area contributed by atoms with Gasteiger partial charge in [0.1, 0.15) is 6.04 Å². The number of methoxy groups -OCH3 is 1. The van der Waals surface area contributed by atoms with Crippen LogP contribution >= 0.6 is 0 Å². The predicted octanol–water partition coefficient (Wildman–Crippen LogP) is 1.42. The number of hydrogen-bond donors (Lipinski definition) is 2. The van der Waals surface area contributed by atoms with Crippen LogP contribution in [-0.4, -0.2) is 47.6 Å². The van der Waals surface area contributed by atoms with Crippen molar-refractivity contribution in [1.29, 1.82) is 0 Å². The monoisotopic (exact) mass is 342 g/mol. The molecule has 0 radical (unpaired) electrons. The second kappa shape index (κ2) is 6.76. The van der Waals surface area contributed by atoms with E-state index < -0.39 is 0 Å². The van der Waals surface area contributed by atoms with Gasteiger partial charge in [0, 0.05) is 37.3 Å². The van der Waals surface area contributed by atoms with Crippen LogP contribution in [0.15, 0.2) is 24.5 Å². The molecule has 25 heavy (non-hydrogen) atoms. The van der Waals surface area contributed by atoms with Crippen LogP contribution in [0.3, 0.4) is 0 Å². The Morgan fingerprint density at radius 1 is 1.44 bits per heavy atom. The van der Waals surface area contributed by atoms with Gasteiger partial charge >= 0.3 is 0 Å². The first-order valence-electron chi connectivity index (χ1n) is 8.61. The third-order valence-electron chi connectivity index (χ3n) is 4.77. The zero-order valence-corrected chi connectivity index (χ0v) is 14.2. The van der Waals surface area contributed by atoms with Gasteiger partial charge in [-0.25, -0.2) is 4.98 Å². The second-order valence-electron chi connectivity index (χ2n) is 6.31. The Morgan fingerprint density at radius 2 is 2.36 bits per heavy atom. The SMILES string of the molecule is COc1cccc2c1OCCCN(C(=O)[C@@H]1NCCc3[nH]cnc31)C2. The van der Waals surface area contributed by atoms with Crippen LogP contribution < -0.4 is 14.8 Å². The molecular weight excluding hydrogens is 320 g/mol. The van der Waals surface area contributed by atoms with Crippen molar-refractivity contribution in [3.8, 4) is 11.5 Å². The lowest BCUT2D eigenvalue weighted by Gasteiger charge is -2.31. The molecule has 2 N–H and O–H groups in total. The number of carbonyl (C=O) groups is 1. The van der Waals surface area contributed by atoms with E-state index in [2.05, 4.69) is 15.3 Å².